The highest BCUT2D eigenvalue weighted by molar-refractivity contribution is 7.89. The van der Waals surface area contributed by atoms with Crippen molar-refractivity contribution >= 4 is 15.7 Å². The van der Waals surface area contributed by atoms with Crippen LogP contribution in [0, 0.1) is 0 Å². The van der Waals surface area contributed by atoms with Crippen LogP contribution in [0.15, 0.2) is 23.1 Å². The Labute approximate surface area is 102 Å². The molecule has 1 aromatic rings. The Kier molecular flexibility index (Phi) is 3.37. The fourth-order valence-electron chi connectivity index (χ4n) is 1.90. The van der Waals surface area contributed by atoms with Gasteiger partial charge in [0.2, 0.25) is 0 Å². The Morgan fingerprint density at radius 1 is 1.35 bits per heavy atom. The number of hydrazine groups is 1. The minimum absolute atomic E-state index is 0.291. The average molecular weight is 255 g/mol. The second-order valence-electron chi connectivity index (χ2n) is 4.34. The molecule has 2 rings (SSSR count). The topological polar surface area (TPSA) is 61.4 Å². The zero-order valence-electron chi connectivity index (χ0n) is 10.0. The molecule has 0 spiro atoms. The first-order chi connectivity index (χ1) is 7.99. The lowest BCUT2D eigenvalue weighted by atomic mass is 10.0. The van der Waals surface area contributed by atoms with Crippen molar-refractivity contribution in [1.82, 2.24) is 9.84 Å². The third-order valence-electron chi connectivity index (χ3n) is 2.63. The first kappa shape index (κ1) is 12.3. The summed E-state index contributed by atoms with van der Waals surface area (Å²) in [5.41, 5.74) is 2.11. The normalized spacial score (nSPS) is 15.5. The number of hydrogen-bond donors (Lipinski definition) is 2. The third kappa shape index (κ3) is 2.77. The number of aryl methyl sites for hydroxylation is 1. The number of anilines is 1. The molecule has 0 radical (unpaired) electrons. The molecule has 5 nitrogen and oxygen atoms in total. The fraction of sp³-hybridized carbons (Fsp3) is 0.455. The molecule has 1 heterocycles. The van der Waals surface area contributed by atoms with E-state index in [4.69, 9.17) is 0 Å². The van der Waals surface area contributed by atoms with Crippen LogP contribution in [0.1, 0.15) is 12.0 Å². The summed E-state index contributed by atoms with van der Waals surface area (Å²) in [5.74, 6) is 0. The minimum atomic E-state index is -3.46. The molecule has 0 saturated heterocycles. The molecule has 0 aromatic heterocycles. The SMILES string of the molecule is CN(C)NS(=O)(=O)c1ccc2c(c1)NCCC2. The largest absolute Gasteiger partial charge is 0.385 e. The molecule has 1 aliphatic heterocycles. The maximum atomic E-state index is 11.9. The van der Waals surface area contributed by atoms with Crippen LogP contribution in [-0.4, -0.2) is 34.1 Å². The van der Waals surface area contributed by atoms with E-state index in [9.17, 15) is 8.42 Å². The van der Waals surface area contributed by atoms with Crippen molar-refractivity contribution in [3.05, 3.63) is 23.8 Å². The zero-order valence-corrected chi connectivity index (χ0v) is 10.8. The highest BCUT2D eigenvalue weighted by Gasteiger charge is 2.17. The van der Waals surface area contributed by atoms with E-state index >= 15 is 0 Å². The highest BCUT2D eigenvalue weighted by Crippen LogP contribution is 2.24. The molecule has 94 valence electrons. The van der Waals surface area contributed by atoms with E-state index in [0.29, 0.717) is 4.90 Å². The van der Waals surface area contributed by atoms with Gasteiger partial charge in [0.1, 0.15) is 0 Å². The molecule has 2 N–H and O–H groups in total. The molecule has 17 heavy (non-hydrogen) atoms. The van der Waals surface area contributed by atoms with Crippen molar-refractivity contribution in [2.75, 3.05) is 26.0 Å². The fourth-order valence-corrected chi connectivity index (χ4v) is 3.01. The predicted molar refractivity (Wildman–Crippen MR) is 67.3 cm³/mol. The van der Waals surface area contributed by atoms with Crippen molar-refractivity contribution in [2.45, 2.75) is 17.7 Å². The summed E-state index contributed by atoms with van der Waals surface area (Å²) in [6.45, 7) is 0.900. The van der Waals surface area contributed by atoms with E-state index in [1.165, 1.54) is 10.6 Å². The molecule has 0 saturated carbocycles. The highest BCUT2D eigenvalue weighted by atomic mass is 32.2. The van der Waals surface area contributed by atoms with Crippen LogP contribution in [-0.2, 0) is 16.4 Å². The number of benzene rings is 1. The quantitative estimate of drug-likeness (QED) is 0.784. The van der Waals surface area contributed by atoms with Crippen molar-refractivity contribution in [3.63, 3.8) is 0 Å². The standard InChI is InChI=1S/C11H17N3O2S/c1-14(2)13-17(15,16)10-6-5-9-4-3-7-12-11(9)8-10/h5-6,8,12-13H,3-4,7H2,1-2H3. The summed E-state index contributed by atoms with van der Waals surface area (Å²) in [4.78, 5) is 2.71. The van der Waals surface area contributed by atoms with Gasteiger partial charge in [0, 0.05) is 26.3 Å². The summed E-state index contributed by atoms with van der Waals surface area (Å²) in [6.07, 6.45) is 2.10. The van der Waals surface area contributed by atoms with Crippen molar-refractivity contribution in [3.8, 4) is 0 Å². The summed E-state index contributed by atoms with van der Waals surface area (Å²) < 4.78 is 23.9. The summed E-state index contributed by atoms with van der Waals surface area (Å²) >= 11 is 0. The van der Waals surface area contributed by atoms with Gasteiger partial charge in [-0.1, -0.05) is 6.07 Å². The van der Waals surface area contributed by atoms with Gasteiger partial charge in [-0.05, 0) is 30.5 Å². The Morgan fingerprint density at radius 2 is 2.12 bits per heavy atom. The number of nitrogens with one attached hydrogen (secondary N) is 2. The molecule has 0 fully saturated rings. The molecule has 1 aromatic carbocycles. The Hall–Kier alpha value is -1.11. The lowest BCUT2D eigenvalue weighted by Crippen LogP contribution is -2.36. The van der Waals surface area contributed by atoms with Gasteiger partial charge < -0.3 is 5.32 Å². The van der Waals surface area contributed by atoms with Crippen LogP contribution < -0.4 is 10.1 Å². The van der Waals surface area contributed by atoms with Crippen LogP contribution in [0.3, 0.4) is 0 Å². The van der Waals surface area contributed by atoms with E-state index < -0.39 is 10.0 Å². The summed E-state index contributed by atoms with van der Waals surface area (Å²) in [5, 5.41) is 4.64. The molecule has 0 atom stereocenters. The van der Waals surface area contributed by atoms with Crippen LogP contribution in [0.4, 0.5) is 5.69 Å². The summed E-state index contributed by atoms with van der Waals surface area (Å²) in [6, 6.07) is 5.23. The molecule has 0 unspecified atom stereocenters. The van der Waals surface area contributed by atoms with Crippen LogP contribution in [0.2, 0.25) is 0 Å². The predicted octanol–water partition coefficient (Wildman–Crippen LogP) is 0.800. The number of hydrogen-bond acceptors (Lipinski definition) is 4. The maximum Gasteiger partial charge on any atom is 0.253 e. The first-order valence-corrected chi connectivity index (χ1v) is 7.04. The van der Waals surface area contributed by atoms with Gasteiger partial charge in [-0.25, -0.2) is 13.4 Å². The van der Waals surface area contributed by atoms with Gasteiger partial charge in [-0.15, -0.1) is 4.83 Å². The van der Waals surface area contributed by atoms with Gasteiger partial charge in [0.25, 0.3) is 10.0 Å². The lowest BCUT2D eigenvalue weighted by molar-refractivity contribution is 0.364. The number of sulfonamides is 1. The van der Waals surface area contributed by atoms with Crippen LogP contribution >= 0.6 is 0 Å². The van der Waals surface area contributed by atoms with E-state index in [0.717, 1.165) is 25.1 Å². The molecule has 0 bridgehead atoms. The molecule has 0 aliphatic carbocycles. The lowest BCUT2D eigenvalue weighted by Gasteiger charge is -2.19. The molecule has 0 amide bonds. The van der Waals surface area contributed by atoms with Crippen molar-refractivity contribution < 1.29 is 8.42 Å². The molecule has 6 heteroatoms. The number of fused-ring (bicyclic) bond motifs is 1. The van der Waals surface area contributed by atoms with E-state index in [-0.39, 0.29) is 0 Å². The minimum Gasteiger partial charge on any atom is -0.385 e. The first-order valence-electron chi connectivity index (χ1n) is 5.55. The molecule has 1 aliphatic rings. The Balaban J connectivity index is 2.34. The van der Waals surface area contributed by atoms with Gasteiger partial charge in [-0.3, -0.25) is 0 Å². The summed E-state index contributed by atoms with van der Waals surface area (Å²) in [7, 11) is -0.163. The van der Waals surface area contributed by atoms with Crippen LogP contribution in [0.25, 0.3) is 0 Å². The average Bonchev–Trinajstić information content (AvgIpc) is 2.26. The van der Waals surface area contributed by atoms with E-state index in [1.54, 1.807) is 26.2 Å². The maximum absolute atomic E-state index is 11.9. The monoisotopic (exact) mass is 255 g/mol. The second-order valence-corrected chi connectivity index (χ2v) is 6.00. The Morgan fingerprint density at radius 3 is 2.82 bits per heavy atom. The molecular formula is C11H17N3O2S. The van der Waals surface area contributed by atoms with Gasteiger partial charge in [0.05, 0.1) is 4.90 Å². The number of rotatable bonds is 3. The zero-order chi connectivity index (χ0) is 12.5. The van der Waals surface area contributed by atoms with Crippen LogP contribution in [0.5, 0.6) is 0 Å². The third-order valence-corrected chi connectivity index (χ3v) is 4.11. The van der Waals surface area contributed by atoms with Crippen molar-refractivity contribution in [1.29, 1.82) is 0 Å². The number of nitrogens with zero attached hydrogens (tertiary/aromatic N) is 1. The smallest absolute Gasteiger partial charge is 0.253 e. The van der Waals surface area contributed by atoms with Gasteiger partial charge in [0.15, 0.2) is 0 Å². The van der Waals surface area contributed by atoms with Gasteiger partial charge >= 0.3 is 0 Å². The Bertz CT molecular complexity index is 511. The van der Waals surface area contributed by atoms with Gasteiger partial charge in [-0.2, -0.15) is 0 Å². The van der Waals surface area contributed by atoms with E-state index in [1.807, 2.05) is 6.07 Å². The second kappa shape index (κ2) is 4.64. The van der Waals surface area contributed by atoms with Crippen molar-refractivity contribution in [2.24, 2.45) is 0 Å². The molecular weight excluding hydrogens is 238 g/mol. The van der Waals surface area contributed by atoms with E-state index in [2.05, 4.69) is 10.1 Å².